The van der Waals surface area contributed by atoms with Crippen LogP contribution in [0.1, 0.15) is 12.5 Å². The van der Waals surface area contributed by atoms with Crippen LogP contribution in [-0.2, 0) is 24.0 Å². The highest BCUT2D eigenvalue weighted by atomic mass is 35.5. The lowest BCUT2D eigenvalue weighted by Crippen LogP contribution is -2.35. The van der Waals surface area contributed by atoms with Crippen molar-refractivity contribution in [3.63, 3.8) is 0 Å². The van der Waals surface area contributed by atoms with Crippen molar-refractivity contribution in [2.45, 2.75) is 13.8 Å². The number of benzene rings is 1. The number of halogens is 1. The van der Waals surface area contributed by atoms with Gasteiger partial charge in [-0.25, -0.2) is 9.69 Å². The maximum Gasteiger partial charge on any atom is 0.343 e. The van der Waals surface area contributed by atoms with E-state index in [1.807, 2.05) is 0 Å². The van der Waals surface area contributed by atoms with Crippen LogP contribution in [0.25, 0.3) is 0 Å². The first-order valence-electron chi connectivity index (χ1n) is 6.64. The highest BCUT2D eigenvalue weighted by molar-refractivity contribution is 7.80. The summed E-state index contributed by atoms with van der Waals surface area (Å²) >= 11 is 11.0. The number of esters is 1. The summed E-state index contributed by atoms with van der Waals surface area (Å²) in [5.74, 6) is -2.55. The number of carbonyl (C=O) groups is 3. The van der Waals surface area contributed by atoms with Gasteiger partial charge in [0.05, 0.1) is 12.3 Å². The van der Waals surface area contributed by atoms with Gasteiger partial charge in [-0.2, -0.15) is 5.06 Å². The van der Waals surface area contributed by atoms with Gasteiger partial charge >= 0.3 is 17.8 Å². The molecule has 0 aliphatic carbocycles. The number of thiocarbonyl (C=S) groups is 1. The van der Waals surface area contributed by atoms with Crippen LogP contribution in [0.2, 0.25) is 5.02 Å². The van der Waals surface area contributed by atoms with E-state index in [0.717, 1.165) is 4.90 Å². The Labute approximate surface area is 142 Å². The maximum absolute atomic E-state index is 12.2. The van der Waals surface area contributed by atoms with Crippen molar-refractivity contribution in [3.05, 3.63) is 28.8 Å². The van der Waals surface area contributed by atoms with Crippen LogP contribution in [-0.4, -0.2) is 41.2 Å². The van der Waals surface area contributed by atoms with Gasteiger partial charge in [0.1, 0.15) is 0 Å². The molecule has 1 aliphatic heterocycles. The number of hydroxylamine groups is 2. The minimum atomic E-state index is -0.987. The molecule has 1 saturated heterocycles. The van der Waals surface area contributed by atoms with Crippen molar-refractivity contribution in [2.24, 2.45) is 0 Å². The Hall–Kier alpha value is -2.03. The number of ether oxygens (including phenoxy) is 1. The average molecular weight is 357 g/mol. The number of anilines is 1. The summed E-state index contributed by atoms with van der Waals surface area (Å²) in [5, 5.41) is 0.809. The zero-order valence-corrected chi connectivity index (χ0v) is 13.9. The minimum absolute atomic E-state index is 0.174. The Balaban J connectivity index is 2.22. The summed E-state index contributed by atoms with van der Waals surface area (Å²) in [7, 11) is 0. The van der Waals surface area contributed by atoms with Gasteiger partial charge in [0.2, 0.25) is 5.11 Å². The predicted molar refractivity (Wildman–Crippen MR) is 85.7 cm³/mol. The molecule has 1 aliphatic rings. The van der Waals surface area contributed by atoms with E-state index in [2.05, 4.69) is 4.74 Å². The molecule has 0 unspecified atom stereocenters. The van der Waals surface area contributed by atoms with Crippen molar-refractivity contribution in [2.75, 3.05) is 18.1 Å². The topological polar surface area (TPSA) is 76.1 Å². The third-order valence-electron chi connectivity index (χ3n) is 2.96. The molecule has 9 heteroatoms. The fraction of sp³-hybridized carbons (Fsp3) is 0.286. The van der Waals surface area contributed by atoms with Crippen molar-refractivity contribution in [1.29, 1.82) is 0 Å². The smallest absolute Gasteiger partial charge is 0.343 e. The van der Waals surface area contributed by atoms with Crippen molar-refractivity contribution in [1.82, 2.24) is 5.06 Å². The van der Waals surface area contributed by atoms with Crippen molar-refractivity contribution in [3.8, 4) is 0 Å². The summed E-state index contributed by atoms with van der Waals surface area (Å²) in [4.78, 5) is 41.5. The largest absolute Gasteiger partial charge is 0.464 e. The molecule has 0 saturated carbocycles. The van der Waals surface area contributed by atoms with Gasteiger partial charge in [-0.15, -0.1) is 0 Å². The van der Waals surface area contributed by atoms with Crippen molar-refractivity contribution >= 4 is 52.4 Å². The lowest BCUT2D eigenvalue weighted by atomic mass is 10.2. The fourth-order valence-electron chi connectivity index (χ4n) is 1.92. The van der Waals surface area contributed by atoms with Crippen molar-refractivity contribution < 1.29 is 24.0 Å². The fourth-order valence-corrected chi connectivity index (χ4v) is 2.40. The SMILES string of the molecule is CCOC(=O)CON1C(=O)C(=O)N(c2cc(Cl)ccc2C)C1=S. The molecule has 2 rings (SSSR count). The third-order valence-corrected chi connectivity index (χ3v) is 3.55. The number of carbonyl (C=O) groups excluding carboxylic acids is 3. The van der Waals surface area contributed by atoms with Gasteiger partial charge < -0.3 is 4.74 Å². The zero-order valence-electron chi connectivity index (χ0n) is 12.4. The summed E-state index contributed by atoms with van der Waals surface area (Å²) < 4.78 is 4.68. The molecule has 1 fully saturated rings. The number of nitrogens with zero attached hydrogens (tertiary/aromatic N) is 2. The second-order valence-electron chi connectivity index (χ2n) is 4.53. The van der Waals surface area contributed by atoms with Crippen LogP contribution in [0.4, 0.5) is 5.69 Å². The zero-order chi connectivity index (χ0) is 17.1. The second kappa shape index (κ2) is 7.03. The molecule has 0 spiro atoms. The Kier molecular flexibility index (Phi) is 5.30. The molecule has 0 aromatic heterocycles. The number of aryl methyl sites for hydroxylation is 1. The molecule has 122 valence electrons. The summed E-state index contributed by atoms with van der Waals surface area (Å²) in [6.45, 7) is 3.02. The Morgan fingerprint density at radius 3 is 2.65 bits per heavy atom. The first-order valence-corrected chi connectivity index (χ1v) is 7.42. The predicted octanol–water partition coefficient (Wildman–Crippen LogP) is 1.60. The van der Waals surface area contributed by atoms with Gasteiger partial charge in [-0.1, -0.05) is 17.7 Å². The Bertz CT molecular complexity index is 694. The van der Waals surface area contributed by atoms with Crippen LogP contribution in [0.5, 0.6) is 0 Å². The normalized spacial score (nSPS) is 14.7. The molecule has 7 nitrogen and oxygen atoms in total. The van der Waals surface area contributed by atoms with Gasteiger partial charge in [0.25, 0.3) is 0 Å². The summed E-state index contributed by atoms with van der Waals surface area (Å²) in [5.41, 5.74) is 1.08. The van der Waals surface area contributed by atoms with Gasteiger partial charge in [-0.05, 0) is 43.8 Å². The lowest BCUT2D eigenvalue weighted by molar-refractivity contribution is -0.174. The van der Waals surface area contributed by atoms with E-state index in [1.54, 1.807) is 26.0 Å². The number of hydrogen-bond acceptors (Lipinski definition) is 6. The number of amides is 2. The van der Waals surface area contributed by atoms with E-state index in [-0.39, 0.29) is 11.7 Å². The van der Waals surface area contributed by atoms with E-state index in [1.165, 1.54) is 6.07 Å². The van der Waals surface area contributed by atoms with Crippen LogP contribution in [0.15, 0.2) is 18.2 Å². The third kappa shape index (κ3) is 3.49. The molecule has 0 bridgehead atoms. The molecule has 0 N–H and O–H groups in total. The quantitative estimate of drug-likeness (QED) is 0.453. The van der Waals surface area contributed by atoms with Gasteiger partial charge in [-0.3, -0.25) is 14.4 Å². The van der Waals surface area contributed by atoms with E-state index < -0.39 is 24.4 Å². The molecule has 1 aromatic rings. The molecule has 2 amide bonds. The highest BCUT2D eigenvalue weighted by Crippen LogP contribution is 2.28. The van der Waals surface area contributed by atoms with E-state index in [9.17, 15) is 14.4 Å². The molecule has 1 aromatic carbocycles. The number of hydrogen-bond donors (Lipinski definition) is 0. The number of rotatable bonds is 5. The standard InChI is InChI=1S/C14H13ClN2O5S/c1-3-21-11(18)7-22-17-13(20)12(19)16(14(17)23)10-6-9(15)5-4-8(10)2/h4-6H,3,7H2,1-2H3. The van der Waals surface area contributed by atoms with E-state index >= 15 is 0 Å². The van der Waals surface area contributed by atoms with Crippen LogP contribution >= 0.6 is 23.8 Å². The van der Waals surface area contributed by atoms with Crippen LogP contribution in [0.3, 0.4) is 0 Å². The first-order chi connectivity index (χ1) is 10.9. The maximum atomic E-state index is 12.2. The summed E-state index contributed by atoms with van der Waals surface area (Å²) in [6, 6.07) is 4.87. The van der Waals surface area contributed by atoms with Crippen LogP contribution in [0, 0.1) is 6.92 Å². The molecule has 1 heterocycles. The van der Waals surface area contributed by atoms with Crippen LogP contribution < -0.4 is 4.90 Å². The van der Waals surface area contributed by atoms with E-state index in [0.29, 0.717) is 21.3 Å². The average Bonchev–Trinajstić information content (AvgIpc) is 2.71. The highest BCUT2D eigenvalue weighted by Gasteiger charge is 2.44. The minimum Gasteiger partial charge on any atom is -0.464 e. The monoisotopic (exact) mass is 356 g/mol. The van der Waals surface area contributed by atoms with Gasteiger partial charge in [0, 0.05) is 5.02 Å². The molecule has 23 heavy (non-hydrogen) atoms. The van der Waals surface area contributed by atoms with Gasteiger partial charge in [0.15, 0.2) is 6.61 Å². The molecule has 0 radical (unpaired) electrons. The lowest BCUT2D eigenvalue weighted by Gasteiger charge is -2.19. The molecular formula is C14H13ClN2O5S. The summed E-state index contributed by atoms with van der Waals surface area (Å²) in [6.07, 6.45) is 0. The Morgan fingerprint density at radius 2 is 2.00 bits per heavy atom. The molecular weight excluding hydrogens is 344 g/mol. The molecule has 0 atom stereocenters. The Morgan fingerprint density at radius 1 is 1.30 bits per heavy atom. The van der Waals surface area contributed by atoms with E-state index in [4.69, 9.17) is 28.7 Å². The first kappa shape index (κ1) is 17.3. The second-order valence-corrected chi connectivity index (χ2v) is 5.33.